The number of nitrogens with one attached hydrogen (secondary N) is 3. The number of rotatable bonds is 11. The second-order valence-electron chi connectivity index (χ2n) is 7.80. The molecule has 0 aliphatic heterocycles. The van der Waals surface area contributed by atoms with Gasteiger partial charge in [-0.2, -0.15) is 0 Å². The molecule has 0 aliphatic carbocycles. The summed E-state index contributed by atoms with van der Waals surface area (Å²) >= 11 is 0. The summed E-state index contributed by atoms with van der Waals surface area (Å²) in [5.74, 6) is 1.71. The number of hydrogen-bond donors (Lipinski definition) is 3. The van der Waals surface area contributed by atoms with E-state index in [4.69, 9.17) is 9.15 Å². The first kappa shape index (κ1) is 22.9. The van der Waals surface area contributed by atoms with Crippen LogP contribution in [0.15, 0.2) is 71.3 Å². The topological polar surface area (TPSA) is 92.6 Å². The van der Waals surface area contributed by atoms with Gasteiger partial charge in [-0.25, -0.2) is 0 Å². The fraction of sp³-hybridized carbons (Fsp3) is 0.280. The Morgan fingerprint density at radius 2 is 1.69 bits per heavy atom. The van der Waals surface area contributed by atoms with Crippen molar-refractivity contribution in [2.45, 2.75) is 26.8 Å². The molecule has 0 fully saturated rings. The fourth-order valence-corrected chi connectivity index (χ4v) is 2.86. The van der Waals surface area contributed by atoms with E-state index in [9.17, 15) is 9.59 Å². The molecular formula is C25H29N3O4. The summed E-state index contributed by atoms with van der Waals surface area (Å²) in [4.78, 5) is 24.4. The van der Waals surface area contributed by atoms with Crippen LogP contribution >= 0.6 is 0 Å². The van der Waals surface area contributed by atoms with E-state index in [2.05, 4.69) is 29.8 Å². The van der Waals surface area contributed by atoms with Crippen LogP contribution in [-0.2, 0) is 11.3 Å². The third-order valence-electron chi connectivity index (χ3n) is 4.71. The maximum atomic E-state index is 12.2. The SMILES string of the molecule is CC(C)CCOc1ccc(NCC(=O)Nc2ccc(C(=O)NCc3ccco3)cc2)cc1. The van der Waals surface area contributed by atoms with Gasteiger partial charge in [0.1, 0.15) is 11.5 Å². The molecule has 3 aromatic rings. The molecule has 168 valence electrons. The van der Waals surface area contributed by atoms with Gasteiger partial charge < -0.3 is 25.1 Å². The minimum Gasteiger partial charge on any atom is -0.494 e. The van der Waals surface area contributed by atoms with Crippen molar-refractivity contribution in [2.75, 3.05) is 23.8 Å². The van der Waals surface area contributed by atoms with E-state index in [0.29, 0.717) is 36.1 Å². The molecule has 2 aromatic carbocycles. The highest BCUT2D eigenvalue weighted by Gasteiger charge is 2.08. The smallest absolute Gasteiger partial charge is 0.251 e. The second kappa shape index (κ2) is 11.6. The van der Waals surface area contributed by atoms with E-state index in [1.807, 2.05) is 24.3 Å². The van der Waals surface area contributed by atoms with Crippen molar-refractivity contribution in [2.24, 2.45) is 5.92 Å². The lowest BCUT2D eigenvalue weighted by Gasteiger charge is -2.10. The standard InChI is InChI=1S/C25H29N3O4/c1-18(2)13-15-32-22-11-9-20(10-12-22)26-17-24(29)28-21-7-5-19(6-8-21)25(30)27-16-23-4-3-14-31-23/h3-12,14,18,26H,13,15-17H2,1-2H3,(H,27,30)(H,28,29). The highest BCUT2D eigenvalue weighted by Crippen LogP contribution is 2.16. The van der Waals surface area contributed by atoms with Gasteiger partial charge in [0.25, 0.3) is 5.91 Å². The van der Waals surface area contributed by atoms with E-state index in [0.717, 1.165) is 17.9 Å². The summed E-state index contributed by atoms with van der Waals surface area (Å²) in [7, 11) is 0. The lowest BCUT2D eigenvalue weighted by Crippen LogP contribution is -2.23. The van der Waals surface area contributed by atoms with Crippen LogP contribution in [0, 0.1) is 5.92 Å². The van der Waals surface area contributed by atoms with Crippen LogP contribution in [0.5, 0.6) is 5.75 Å². The normalized spacial score (nSPS) is 10.6. The molecule has 0 unspecified atom stereocenters. The Morgan fingerprint density at radius 3 is 2.34 bits per heavy atom. The van der Waals surface area contributed by atoms with Crippen LogP contribution in [0.2, 0.25) is 0 Å². The molecule has 3 N–H and O–H groups in total. The number of furan rings is 1. The molecule has 0 aliphatic rings. The van der Waals surface area contributed by atoms with Crippen molar-refractivity contribution < 1.29 is 18.7 Å². The largest absolute Gasteiger partial charge is 0.494 e. The molecule has 0 spiro atoms. The highest BCUT2D eigenvalue weighted by atomic mass is 16.5. The Labute approximate surface area is 188 Å². The first-order valence-electron chi connectivity index (χ1n) is 10.7. The number of hydrogen-bond acceptors (Lipinski definition) is 5. The lowest BCUT2D eigenvalue weighted by atomic mass is 10.1. The number of benzene rings is 2. The molecule has 7 heteroatoms. The molecule has 7 nitrogen and oxygen atoms in total. The second-order valence-corrected chi connectivity index (χ2v) is 7.80. The van der Waals surface area contributed by atoms with Gasteiger partial charge in [0.15, 0.2) is 0 Å². The number of amides is 2. The maximum Gasteiger partial charge on any atom is 0.251 e. The molecule has 32 heavy (non-hydrogen) atoms. The Kier molecular flexibility index (Phi) is 8.31. The van der Waals surface area contributed by atoms with E-state index in [-0.39, 0.29) is 18.4 Å². The predicted molar refractivity (Wildman–Crippen MR) is 125 cm³/mol. The zero-order chi connectivity index (χ0) is 22.8. The molecule has 0 saturated carbocycles. The molecule has 1 aromatic heterocycles. The molecule has 1 heterocycles. The summed E-state index contributed by atoms with van der Waals surface area (Å²) in [6.07, 6.45) is 2.57. The number of anilines is 2. The molecular weight excluding hydrogens is 406 g/mol. The summed E-state index contributed by atoms with van der Waals surface area (Å²) in [5.41, 5.74) is 1.96. The summed E-state index contributed by atoms with van der Waals surface area (Å²) in [5, 5.41) is 8.68. The Hall–Kier alpha value is -3.74. The third kappa shape index (κ3) is 7.50. The van der Waals surface area contributed by atoms with Gasteiger partial charge in [0.2, 0.25) is 5.91 Å². The number of carbonyl (C=O) groups excluding carboxylic acids is 2. The zero-order valence-electron chi connectivity index (χ0n) is 18.4. The first-order valence-corrected chi connectivity index (χ1v) is 10.7. The van der Waals surface area contributed by atoms with Crippen molar-refractivity contribution in [3.63, 3.8) is 0 Å². The van der Waals surface area contributed by atoms with Gasteiger partial charge in [-0.15, -0.1) is 0 Å². The van der Waals surface area contributed by atoms with Crippen LogP contribution in [-0.4, -0.2) is 25.0 Å². The highest BCUT2D eigenvalue weighted by molar-refractivity contribution is 5.96. The van der Waals surface area contributed by atoms with Crippen molar-refractivity contribution in [1.82, 2.24) is 5.32 Å². The summed E-state index contributed by atoms with van der Waals surface area (Å²) in [6, 6.07) is 17.8. The van der Waals surface area contributed by atoms with Gasteiger partial charge in [-0.05, 0) is 73.0 Å². The minimum atomic E-state index is -0.211. The molecule has 3 rings (SSSR count). The first-order chi connectivity index (χ1) is 15.5. The Bertz CT molecular complexity index is 981. The van der Waals surface area contributed by atoms with Crippen LogP contribution < -0.4 is 20.7 Å². The van der Waals surface area contributed by atoms with Gasteiger partial charge in [-0.1, -0.05) is 13.8 Å². The van der Waals surface area contributed by atoms with Crippen molar-refractivity contribution in [3.05, 3.63) is 78.3 Å². The maximum absolute atomic E-state index is 12.2. The van der Waals surface area contributed by atoms with Crippen LogP contribution in [0.25, 0.3) is 0 Å². The van der Waals surface area contributed by atoms with Crippen molar-refractivity contribution in [3.8, 4) is 5.75 Å². The third-order valence-corrected chi connectivity index (χ3v) is 4.71. The molecule has 0 radical (unpaired) electrons. The van der Waals surface area contributed by atoms with Crippen LogP contribution in [0.3, 0.4) is 0 Å². The van der Waals surface area contributed by atoms with E-state index >= 15 is 0 Å². The van der Waals surface area contributed by atoms with Crippen molar-refractivity contribution >= 4 is 23.2 Å². The van der Waals surface area contributed by atoms with E-state index in [1.54, 1.807) is 42.7 Å². The molecule has 0 saturated heterocycles. The van der Waals surface area contributed by atoms with Gasteiger partial charge in [0.05, 0.1) is 26.0 Å². The minimum absolute atomic E-state index is 0.124. The Balaban J connectivity index is 1.40. The number of carbonyl (C=O) groups is 2. The monoisotopic (exact) mass is 435 g/mol. The predicted octanol–water partition coefficient (Wildman–Crippen LogP) is 4.69. The average Bonchev–Trinajstić information content (AvgIpc) is 3.31. The Morgan fingerprint density at radius 1 is 0.969 bits per heavy atom. The molecule has 2 amide bonds. The summed E-state index contributed by atoms with van der Waals surface area (Å²) in [6.45, 7) is 5.46. The van der Waals surface area contributed by atoms with Crippen LogP contribution in [0.1, 0.15) is 36.4 Å². The van der Waals surface area contributed by atoms with Gasteiger partial charge in [-0.3, -0.25) is 9.59 Å². The quantitative estimate of drug-likeness (QED) is 0.407. The number of ether oxygens (including phenoxy) is 1. The summed E-state index contributed by atoms with van der Waals surface area (Å²) < 4.78 is 10.9. The van der Waals surface area contributed by atoms with Crippen molar-refractivity contribution in [1.29, 1.82) is 0 Å². The van der Waals surface area contributed by atoms with Gasteiger partial charge >= 0.3 is 0 Å². The molecule has 0 atom stereocenters. The zero-order valence-corrected chi connectivity index (χ0v) is 18.4. The molecule has 0 bridgehead atoms. The average molecular weight is 436 g/mol. The lowest BCUT2D eigenvalue weighted by molar-refractivity contribution is -0.114. The van der Waals surface area contributed by atoms with Crippen LogP contribution in [0.4, 0.5) is 11.4 Å². The fourth-order valence-electron chi connectivity index (χ4n) is 2.86. The van der Waals surface area contributed by atoms with Gasteiger partial charge in [0, 0.05) is 16.9 Å². The van der Waals surface area contributed by atoms with E-state index < -0.39 is 0 Å². The van der Waals surface area contributed by atoms with E-state index in [1.165, 1.54) is 0 Å².